The third kappa shape index (κ3) is 3.74. The lowest BCUT2D eigenvalue weighted by Crippen LogP contribution is -2.51. The molecule has 1 atom stereocenters. The molecular formula is C18H23F2NO3. The van der Waals surface area contributed by atoms with E-state index < -0.39 is 28.9 Å². The molecule has 6 heteroatoms. The number of carboxylic acid groups (broad SMARTS) is 1. The second-order valence-electron chi connectivity index (χ2n) is 6.93. The summed E-state index contributed by atoms with van der Waals surface area (Å²) in [7, 11) is 0. The Labute approximate surface area is 140 Å². The topological polar surface area (TPSA) is 66.4 Å². The van der Waals surface area contributed by atoms with Crippen LogP contribution < -0.4 is 5.32 Å². The van der Waals surface area contributed by atoms with E-state index in [1.165, 1.54) is 6.07 Å². The van der Waals surface area contributed by atoms with Crippen molar-refractivity contribution in [3.63, 3.8) is 0 Å². The van der Waals surface area contributed by atoms with Crippen LogP contribution in [0, 0.1) is 23.5 Å². The smallest absolute Gasteiger partial charge is 0.308 e. The van der Waals surface area contributed by atoms with Crippen LogP contribution in [0.4, 0.5) is 8.78 Å². The van der Waals surface area contributed by atoms with E-state index in [0.717, 1.165) is 18.6 Å². The second kappa shape index (κ2) is 7.28. The average Bonchev–Trinajstić information content (AvgIpc) is 2.43. The molecular weight excluding hydrogens is 316 g/mol. The summed E-state index contributed by atoms with van der Waals surface area (Å²) in [4.78, 5) is 23.9. The van der Waals surface area contributed by atoms with Crippen molar-refractivity contribution in [3.8, 4) is 0 Å². The molecule has 1 unspecified atom stereocenters. The first-order valence-corrected chi connectivity index (χ1v) is 8.23. The van der Waals surface area contributed by atoms with Gasteiger partial charge in [-0.05, 0) is 31.2 Å². The molecule has 2 N–H and O–H groups in total. The van der Waals surface area contributed by atoms with Crippen molar-refractivity contribution >= 4 is 11.9 Å². The summed E-state index contributed by atoms with van der Waals surface area (Å²) in [6.07, 6.45) is 2.18. The molecule has 0 heterocycles. The zero-order valence-corrected chi connectivity index (χ0v) is 13.9. The largest absolute Gasteiger partial charge is 0.481 e. The minimum atomic E-state index is -1.02. The summed E-state index contributed by atoms with van der Waals surface area (Å²) in [5.41, 5.74) is -0.832. The highest BCUT2D eigenvalue weighted by molar-refractivity contribution is 5.89. The van der Waals surface area contributed by atoms with Crippen molar-refractivity contribution in [3.05, 3.63) is 35.4 Å². The highest BCUT2D eigenvalue weighted by atomic mass is 19.1. The molecule has 2 rings (SSSR count). The third-order valence-electron chi connectivity index (χ3n) is 4.70. The number of rotatable bonds is 7. The summed E-state index contributed by atoms with van der Waals surface area (Å²) in [6, 6.07) is 3.23. The zero-order valence-electron chi connectivity index (χ0n) is 13.9. The molecule has 1 fully saturated rings. The van der Waals surface area contributed by atoms with Gasteiger partial charge >= 0.3 is 5.97 Å². The van der Waals surface area contributed by atoms with Gasteiger partial charge in [-0.25, -0.2) is 8.78 Å². The quantitative estimate of drug-likeness (QED) is 0.801. The van der Waals surface area contributed by atoms with Crippen LogP contribution in [-0.2, 0) is 15.0 Å². The molecule has 0 aliphatic heterocycles. The summed E-state index contributed by atoms with van der Waals surface area (Å²) >= 11 is 0. The SMILES string of the molecule is CC(C)CC(CNC(=O)C1(c2ccc(F)cc2F)CCC1)C(=O)O. The van der Waals surface area contributed by atoms with Crippen LogP contribution in [0.3, 0.4) is 0 Å². The van der Waals surface area contributed by atoms with Crippen molar-refractivity contribution in [2.45, 2.75) is 44.9 Å². The van der Waals surface area contributed by atoms with Crippen molar-refractivity contribution < 1.29 is 23.5 Å². The van der Waals surface area contributed by atoms with Crippen LogP contribution in [0.2, 0.25) is 0 Å². The number of benzene rings is 1. The van der Waals surface area contributed by atoms with Gasteiger partial charge in [0.25, 0.3) is 0 Å². The summed E-state index contributed by atoms with van der Waals surface area (Å²) < 4.78 is 27.2. The van der Waals surface area contributed by atoms with Gasteiger partial charge in [0.1, 0.15) is 11.6 Å². The van der Waals surface area contributed by atoms with Crippen LogP contribution in [-0.4, -0.2) is 23.5 Å². The van der Waals surface area contributed by atoms with E-state index in [1.807, 2.05) is 13.8 Å². The van der Waals surface area contributed by atoms with E-state index in [4.69, 9.17) is 0 Å². The number of aliphatic carboxylic acids is 1. The van der Waals surface area contributed by atoms with Gasteiger partial charge in [0.2, 0.25) is 5.91 Å². The van der Waals surface area contributed by atoms with E-state index in [2.05, 4.69) is 5.32 Å². The molecule has 0 aromatic heterocycles. The first kappa shape index (κ1) is 18.4. The van der Waals surface area contributed by atoms with Crippen molar-refractivity contribution in [2.24, 2.45) is 11.8 Å². The fourth-order valence-corrected chi connectivity index (χ4v) is 3.25. The molecule has 0 spiro atoms. The van der Waals surface area contributed by atoms with E-state index in [9.17, 15) is 23.5 Å². The average molecular weight is 339 g/mol. The number of nitrogens with one attached hydrogen (secondary N) is 1. The highest BCUT2D eigenvalue weighted by Gasteiger charge is 2.47. The van der Waals surface area contributed by atoms with Gasteiger partial charge < -0.3 is 10.4 Å². The Morgan fingerprint density at radius 3 is 2.42 bits per heavy atom. The summed E-state index contributed by atoms with van der Waals surface area (Å²) in [6.45, 7) is 3.84. The van der Waals surface area contributed by atoms with Gasteiger partial charge in [-0.15, -0.1) is 0 Å². The monoisotopic (exact) mass is 339 g/mol. The standard InChI is InChI=1S/C18H23F2NO3/c1-11(2)8-12(16(22)23)10-21-17(24)18(6-3-7-18)14-5-4-13(19)9-15(14)20/h4-5,9,11-12H,3,6-8,10H2,1-2H3,(H,21,24)(H,22,23). The summed E-state index contributed by atoms with van der Waals surface area (Å²) in [5, 5.41) is 11.9. The van der Waals surface area contributed by atoms with Crippen molar-refractivity contribution in [1.82, 2.24) is 5.32 Å². The van der Waals surface area contributed by atoms with Crippen molar-refractivity contribution in [1.29, 1.82) is 0 Å². The van der Waals surface area contributed by atoms with E-state index >= 15 is 0 Å². The Morgan fingerprint density at radius 2 is 1.96 bits per heavy atom. The molecule has 1 aliphatic carbocycles. The first-order valence-electron chi connectivity index (χ1n) is 8.23. The van der Waals surface area contributed by atoms with Gasteiger partial charge in [0.15, 0.2) is 0 Å². The summed E-state index contributed by atoms with van der Waals surface area (Å²) in [5.74, 6) is -3.25. The predicted octanol–water partition coefficient (Wildman–Crippen LogP) is 3.25. The van der Waals surface area contributed by atoms with Gasteiger partial charge in [-0.2, -0.15) is 0 Å². The number of carboxylic acids is 1. The maximum Gasteiger partial charge on any atom is 0.308 e. The zero-order chi connectivity index (χ0) is 17.9. The van der Waals surface area contributed by atoms with Crippen LogP contribution in [0.15, 0.2) is 18.2 Å². The minimum Gasteiger partial charge on any atom is -0.481 e. The van der Waals surface area contributed by atoms with Gasteiger partial charge in [-0.3, -0.25) is 9.59 Å². The van der Waals surface area contributed by atoms with Gasteiger partial charge in [0.05, 0.1) is 11.3 Å². The van der Waals surface area contributed by atoms with Crippen LogP contribution in [0.1, 0.15) is 45.1 Å². The highest BCUT2D eigenvalue weighted by Crippen LogP contribution is 2.45. The number of hydrogen-bond acceptors (Lipinski definition) is 2. The maximum absolute atomic E-state index is 14.1. The fraction of sp³-hybridized carbons (Fsp3) is 0.556. The van der Waals surface area contributed by atoms with Gasteiger partial charge in [0, 0.05) is 18.2 Å². The Kier molecular flexibility index (Phi) is 5.57. The maximum atomic E-state index is 14.1. The third-order valence-corrected chi connectivity index (χ3v) is 4.70. The number of carbonyl (C=O) groups excluding carboxylic acids is 1. The van der Waals surface area contributed by atoms with Crippen molar-refractivity contribution in [2.75, 3.05) is 6.54 Å². The number of carbonyl (C=O) groups is 2. The lowest BCUT2D eigenvalue weighted by Gasteiger charge is -2.41. The minimum absolute atomic E-state index is 0.0108. The molecule has 1 aliphatic rings. The Hall–Kier alpha value is -1.98. The second-order valence-corrected chi connectivity index (χ2v) is 6.93. The van der Waals surface area contributed by atoms with E-state index in [0.29, 0.717) is 19.3 Å². The van der Waals surface area contributed by atoms with Crippen LogP contribution in [0.25, 0.3) is 0 Å². The molecule has 1 aromatic carbocycles. The molecule has 1 amide bonds. The number of halogens is 2. The molecule has 1 aromatic rings. The predicted molar refractivity (Wildman–Crippen MR) is 85.5 cm³/mol. The molecule has 4 nitrogen and oxygen atoms in total. The Morgan fingerprint density at radius 1 is 1.29 bits per heavy atom. The first-order chi connectivity index (χ1) is 11.3. The molecule has 0 bridgehead atoms. The fourth-order valence-electron chi connectivity index (χ4n) is 3.25. The van der Waals surface area contributed by atoms with E-state index in [-0.39, 0.29) is 23.9 Å². The normalized spacial score (nSPS) is 17.2. The molecule has 0 radical (unpaired) electrons. The Balaban J connectivity index is 2.12. The molecule has 24 heavy (non-hydrogen) atoms. The van der Waals surface area contributed by atoms with Gasteiger partial charge in [-0.1, -0.05) is 26.3 Å². The molecule has 132 valence electrons. The van der Waals surface area contributed by atoms with E-state index in [1.54, 1.807) is 0 Å². The number of hydrogen-bond donors (Lipinski definition) is 2. The molecule has 0 saturated heterocycles. The lowest BCUT2D eigenvalue weighted by molar-refractivity contribution is -0.142. The Bertz CT molecular complexity index is 627. The lowest BCUT2D eigenvalue weighted by atomic mass is 9.63. The molecule has 1 saturated carbocycles. The van der Waals surface area contributed by atoms with Crippen LogP contribution in [0.5, 0.6) is 0 Å². The van der Waals surface area contributed by atoms with Crippen LogP contribution >= 0.6 is 0 Å². The number of amides is 1.